The maximum absolute atomic E-state index is 12.9. The largest absolute Gasteiger partial charge is 0.360 e. The van der Waals surface area contributed by atoms with Crippen LogP contribution in [0.2, 0.25) is 5.02 Å². The normalized spacial score (nSPS) is 14.5. The number of carbonyl (C=O) groups is 1. The van der Waals surface area contributed by atoms with Crippen molar-refractivity contribution in [1.82, 2.24) is 14.8 Å². The number of amides is 1. The third kappa shape index (κ3) is 5.15. The van der Waals surface area contributed by atoms with Gasteiger partial charge in [-0.25, -0.2) is 8.42 Å². The van der Waals surface area contributed by atoms with E-state index in [1.54, 1.807) is 43.3 Å². The lowest BCUT2D eigenvalue weighted by Crippen LogP contribution is -2.35. The minimum Gasteiger partial charge on any atom is -0.360 e. The van der Waals surface area contributed by atoms with Gasteiger partial charge in [0.1, 0.15) is 17.0 Å². The summed E-state index contributed by atoms with van der Waals surface area (Å²) in [4.78, 5) is 13.1. The van der Waals surface area contributed by atoms with E-state index in [0.29, 0.717) is 40.8 Å². The standard InChI is InChI=1S/C23H23ClN4O4S2/c1-15-20(21(27-32-15)18-7-3-4-8-19(18)24)22(29)26-23(33)25-16-9-11-17(12-10-16)34(30,31)28-13-5-2-6-14-28/h3-4,7-12H,2,5-6,13-14H2,1H3,(H2,25,26,29,33). The number of aryl methyl sites for hydroxylation is 1. The molecular weight excluding hydrogens is 496 g/mol. The van der Waals surface area contributed by atoms with E-state index >= 15 is 0 Å². The van der Waals surface area contributed by atoms with E-state index in [4.69, 9.17) is 28.3 Å². The Morgan fingerprint density at radius 3 is 2.44 bits per heavy atom. The van der Waals surface area contributed by atoms with Gasteiger partial charge >= 0.3 is 0 Å². The Hall–Kier alpha value is -2.79. The second-order valence-electron chi connectivity index (χ2n) is 7.84. The van der Waals surface area contributed by atoms with Crippen molar-refractivity contribution in [3.63, 3.8) is 0 Å². The number of carbonyl (C=O) groups excluding carboxylic acids is 1. The molecule has 1 aromatic heterocycles. The van der Waals surface area contributed by atoms with Crippen molar-refractivity contribution < 1.29 is 17.7 Å². The van der Waals surface area contributed by atoms with Gasteiger partial charge in [0.05, 0.1) is 9.92 Å². The number of hydrogen-bond donors (Lipinski definition) is 2. The van der Waals surface area contributed by atoms with E-state index in [9.17, 15) is 13.2 Å². The quantitative estimate of drug-likeness (QED) is 0.475. The predicted octanol–water partition coefficient (Wildman–Crippen LogP) is 4.60. The van der Waals surface area contributed by atoms with Gasteiger partial charge in [0.2, 0.25) is 10.0 Å². The first-order valence-electron chi connectivity index (χ1n) is 10.7. The lowest BCUT2D eigenvalue weighted by atomic mass is 10.1. The second kappa shape index (κ2) is 10.2. The summed E-state index contributed by atoms with van der Waals surface area (Å²) >= 11 is 11.5. The molecule has 1 amide bonds. The zero-order valence-electron chi connectivity index (χ0n) is 18.4. The fraction of sp³-hybridized carbons (Fsp3) is 0.261. The molecule has 1 saturated heterocycles. The highest BCUT2D eigenvalue weighted by molar-refractivity contribution is 7.89. The van der Waals surface area contributed by atoms with E-state index in [-0.39, 0.29) is 15.6 Å². The molecule has 1 aliphatic rings. The van der Waals surface area contributed by atoms with Gasteiger partial charge in [-0.15, -0.1) is 0 Å². The van der Waals surface area contributed by atoms with Gasteiger partial charge in [0.15, 0.2) is 5.11 Å². The SMILES string of the molecule is Cc1onc(-c2ccccc2Cl)c1C(=O)NC(=S)Nc1ccc(S(=O)(=O)N2CCCCC2)cc1. The lowest BCUT2D eigenvalue weighted by Gasteiger charge is -2.25. The van der Waals surface area contributed by atoms with E-state index in [1.807, 2.05) is 0 Å². The highest BCUT2D eigenvalue weighted by Gasteiger charge is 2.26. The molecule has 0 saturated carbocycles. The molecule has 2 aromatic carbocycles. The van der Waals surface area contributed by atoms with Crippen molar-refractivity contribution in [2.24, 2.45) is 0 Å². The third-order valence-corrected chi connectivity index (χ3v) is 7.96. The van der Waals surface area contributed by atoms with E-state index < -0.39 is 15.9 Å². The smallest absolute Gasteiger partial charge is 0.263 e. The van der Waals surface area contributed by atoms with E-state index in [0.717, 1.165) is 19.3 Å². The van der Waals surface area contributed by atoms with Crippen LogP contribution in [0.5, 0.6) is 0 Å². The number of anilines is 1. The number of nitrogens with zero attached hydrogens (tertiary/aromatic N) is 2. The Morgan fingerprint density at radius 2 is 1.76 bits per heavy atom. The summed E-state index contributed by atoms with van der Waals surface area (Å²) in [6.45, 7) is 2.70. The number of thiocarbonyl (C=S) groups is 1. The van der Waals surface area contributed by atoms with Crippen LogP contribution in [0.4, 0.5) is 5.69 Å². The summed E-state index contributed by atoms with van der Waals surface area (Å²) in [7, 11) is -3.52. The van der Waals surface area contributed by atoms with Crippen LogP contribution in [0, 0.1) is 6.92 Å². The highest BCUT2D eigenvalue weighted by atomic mass is 35.5. The molecule has 0 unspecified atom stereocenters. The number of aromatic nitrogens is 1. The van der Waals surface area contributed by atoms with Crippen molar-refractivity contribution in [3.8, 4) is 11.3 Å². The van der Waals surface area contributed by atoms with Gasteiger partial charge in [-0.3, -0.25) is 10.1 Å². The first-order valence-corrected chi connectivity index (χ1v) is 12.9. The van der Waals surface area contributed by atoms with Gasteiger partial charge in [-0.2, -0.15) is 4.31 Å². The monoisotopic (exact) mass is 518 g/mol. The molecule has 2 N–H and O–H groups in total. The van der Waals surface area contributed by atoms with Gasteiger partial charge in [-0.05, 0) is 62.3 Å². The summed E-state index contributed by atoms with van der Waals surface area (Å²) < 4.78 is 32.3. The zero-order valence-corrected chi connectivity index (χ0v) is 20.8. The third-order valence-electron chi connectivity index (χ3n) is 5.51. The molecule has 34 heavy (non-hydrogen) atoms. The van der Waals surface area contributed by atoms with Gasteiger partial charge in [0.25, 0.3) is 5.91 Å². The highest BCUT2D eigenvalue weighted by Crippen LogP contribution is 2.31. The van der Waals surface area contributed by atoms with Crippen molar-refractivity contribution >= 4 is 50.5 Å². The van der Waals surface area contributed by atoms with Crippen molar-refractivity contribution in [3.05, 3.63) is 64.9 Å². The van der Waals surface area contributed by atoms with Crippen molar-refractivity contribution in [2.75, 3.05) is 18.4 Å². The molecule has 0 bridgehead atoms. The Labute approximate surface area is 208 Å². The summed E-state index contributed by atoms with van der Waals surface area (Å²) in [6, 6.07) is 13.3. The van der Waals surface area contributed by atoms with Crippen LogP contribution in [0.1, 0.15) is 35.4 Å². The van der Waals surface area contributed by atoms with Gasteiger partial charge in [0, 0.05) is 24.3 Å². The number of piperidine rings is 1. The minimum absolute atomic E-state index is 0.0438. The molecule has 0 aliphatic carbocycles. The molecule has 0 radical (unpaired) electrons. The average molecular weight is 519 g/mol. The lowest BCUT2D eigenvalue weighted by molar-refractivity contribution is 0.0976. The number of halogens is 1. The Morgan fingerprint density at radius 1 is 1.09 bits per heavy atom. The molecule has 0 spiro atoms. The van der Waals surface area contributed by atoms with Crippen LogP contribution in [-0.4, -0.2) is 42.0 Å². The van der Waals surface area contributed by atoms with E-state index in [2.05, 4.69) is 15.8 Å². The number of sulfonamides is 1. The summed E-state index contributed by atoms with van der Waals surface area (Å²) in [6.07, 6.45) is 2.79. The first kappa shape index (κ1) is 24.3. The minimum atomic E-state index is -3.52. The topological polar surface area (TPSA) is 105 Å². The molecular formula is C23H23ClN4O4S2. The molecule has 1 fully saturated rings. The van der Waals surface area contributed by atoms with Crippen molar-refractivity contribution in [2.45, 2.75) is 31.1 Å². The van der Waals surface area contributed by atoms with Gasteiger partial charge in [-0.1, -0.05) is 41.4 Å². The van der Waals surface area contributed by atoms with Crippen molar-refractivity contribution in [1.29, 1.82) is 0 Å². The number of hydrogen-bond acceptors (Lipinski definition) is 6. The fourth-order valence-electron chi connectivity index (χ4n) is 3.77. The first-order chi connectivity index (χ1) is 16.3. The van der Waals surface area contributed by atoms with Gasteiger partial charge < -0.3 is 9.84 Å². The molecule has 2 heterocycles. The molecule has 4 rings (SSSR count). The number of nitrogens with one attached hydrogen (secondary N) is 2. The Kier molecular flexibility index (Phi) is 7.32. The van der Waals surface area contributed by atoms with Crippen LogP contribution in [0.3, 0.4) is 0 Å². The summed E-state index contributed by atoms with van der Waals surface area (Å²) in [5.41, 5.74) is 1.64. The van der Waals surface area contributed by atoms with Crippen LogP contribution in [0.25, 0.3) is 11.3 Å². The van der Waals surface area contributed by atoms with Crippen LogP contribution < -0.4 is 10.6 Å². The molecule has 8 nitrogen and oxygen atoms in total. The summed E-state index contributed by atoms with van der Waals surface area (Å²) in [5.74, 6) is -0.182. The second-order valence-corrected chi connectivity index (χ2v) is 10.6. The predicted molar refractivity (Wildman–Crippen MR) is 134 cm³/mol. The average Bonchev–Trinajstić information content (AvgIpc) is 3.21. The van der Waals surface area contributed by atoms with E-state index in [1.165, 1.54) is 16.4 Å². The molecule has 3 aromatic rings. The number of benzene rings is 2. The summed E-state index contributed by atoms with van der Waals surface area (Å²) in [5, 5.41) is 9.97. The molecule has 178 valence electrons. The molecule has 0 atom stereocenters. The Bertz CT molecular complexity index is 1320. The van der Waals surface area contributed by atoms with Crippen LogP contribution >= 0.6 is 23.8 Å². The Balaban J connectivity index is 1.44. The molecule has 11 heteroatoms. The maximum atomic E-state index is 12.9. The number of rotatable bonds is 5. The van der Waals surface area contributed by atoms with Crippen LogP contribution in [-0.2, 0) is 10.0 Å². The molecule has 1 aliphatic heterocycles. The zero-order chi connectivity index (χ0) is 24.3. The van der Waals surface area contributed by atoms with Crippen LogP contribution in [0.15, 0.2) is 57.9 Å². The fourth-order valence-corrected chi connectivity index (χ4v) is 5.72. The maximum Gasteiger partial charge on any atom is 0.263 e.